The fourth-order valence-corrected chi connectivity index (χ4v) is 1.36. The standard InChI is InChI=1S/C10H17N3O3/c1-6(2)8(11-3)5-12-10(15)7-4-9(14)16-13-7/h4,6,8,11,13H,5H2,1-3H3,(H,12,15). The van der Waals surface area contributed by atoms with E-state index >= 15 is 0 Å². The lowest BCUT2D eigenvalue weighted by atomic mass is 10.1. The normalized spacial score (nSPS) is 12.8. The van der Waals surface area contributed by atoms with Crippen LogP contribution in [0.2, 0.25) is 0 Å². The number of carbonyl (C=O) groups is 1. The van der Waals surface area contributed by atoms with Gasteiger partial charge in [-0.05, 0) is 13.0 Å². The summed E-state index contributed by atoms with van der Waals surface area (Å²) in [5, 5.41) is 8.07. The second-order valence-electron chi connectivity index (χ2n) is 3.93. The molecule has 0 aliphatic carbocycles. The van der Waals surface area contributed by atoms with Crippen LogP contribution in [0.4, 0.5) is 0 Å². The molecular weight excluding hydrogens is 210 g/mol. The third-order valence-corrected chi connectivity index (χ3v) is 2.43. The second kappa shape index (κ2) is 5.50. The predicted molar refractivity (Wildman–Crippen MR) is 59.3 cm³/mol. The number of aromatic nitrogens is 1. The van der Waals surface area contributed by atoms with Crippen LogP contribution in [-0.4, -0.2) is 30.7 Å². The predicted octanol–water partition coefficient (Wildman–Crippen LogP) is -0.0583. The Bertz CT molecular complexity index is 394. The number of amides is 1. The van der Waals surface area contributed by atoms with Crippen LogP contribution in [0.1, 0.15) is 24.3 Å². The molecule has 1 aromatic heterocycles. The van der Waals surface area contributed by atoms with E-state index in [-0.39, 0.29) is 17.6 Å². The monoisotopic (exact) mass is 227 g/mol. The molecule has 0 radical (unpaired) electrons. The van der Waals surface area contributed by atoms with E-state index in [1.54, 1.807) is 0 Å². The van der Waals surface area contributed by atoms with Gasteiger partial charge in [-0.3, -0.25) is 4.79 Å². The average Bonchev–Trinajstić information content (AvgIpc) is 2.65. The van der Waals surface area contributed by atoms with Crippen molar-refractivity contribution in [3.8, 4) is 0 Å². The van der Waals surface area contributed by atoms with Crippen molar-refractivity contribution in [3.05, 3.63) is 22.2 Å². The van der Waals surface area contributed by atoms with Gasteiger partial charge >= 0.3 is 5.63 Å². The van der Waals surface area contributed by atoms with Crippen LogP contribution >= 0.6 is 0 Å². The number of likely N-dealkylation sites (N-methyl/N-ethyl adjacent to an activating group) is 1. The molecule has 6 heteroatoms. The Morgan fingerprint density at radius 3 is 2.69 bits per heavy atom. The highest BCUT2D eigenvalue weighted by atomic mass is 16.5. The summed E-state index contributed by atoms with van der Waals surface area (Å²) in [5.41, 5.74) is -0.414. The topological polar surface area (TPSA) is 87.1 Å². The number of nitrogens with one attached hydrogen (secondary N) is 3. The molecule has 1 rings (SSSR count). The van der Waals surface area contributed by atoms with Crippen molar-refractivity contribution in [1.29, 1.82) is 0 Å². The van der Waals surface area contributed by atoms with Crippen molar-refractivity contribution >= 4 is 5.91 Å². The smallest absolute Gasteiger partial charge is 0.349 e. The zero-order valence-corrected chi connectivity index (χ0v) is 9.66. The van der Waals surface area contributed by atoms with Crippen molar-refractivity contribution in [1.82, 2.24) is 15.8 Å². The maximum Gasteiger partial charge on any atom is 0.358 e. The minimum Gasteiger partial charge on any atom is -0.349 e. The summed E-state index contributed by atoms with van der Waals surface area (Å²) in [6.45, 7) is 4.63. The van der Waals surface area contributed by atoms with E-state index in [4.69, 9.17) is 0 Å². The molecule has 0 fully saturated rings. The van der Waals surface area contributed by atoms with Crippen LogP contribution < -0.4 is 16.3 Å². The van der Waals surface area contributed by atoms with Crippen LogP contribution in [0.15, 0.2) is 15.4 Å². The first-order chi connectivity index (χ1) is 7.54. The molecule has 0 aromatic carbocycles. The quantitative estimate of drug-likeness (QED) is 0.657. The number of rotatable bonds is 5. The molecule has 0 bridgehead atoms. The van der Waals surface area contributed by atoms with Crippen molar-refractivity contribution in [2.75, 3.05) is 13.6 Å². The van der Waals surface area contributed by atoms with Crippen LogP contribution in [0.3, 0.4) is 0 Å². The number of hydrogen-bond donors (Lipinski definition) is 3. The maximum absolute atomic E-state index is 11.5. The second-order valence-corrected chi connectivity index (χ2v) is 3.93. The third-order valence-electron chi connectivity index (χ3n) is 2.43. The minimum absolute atomic E-state index is 0.142. The average molecular weight is 227 g/mol. The highest BCUT2D eigenvalue weighted by molar-refractivity contribution is 5.91. The first kappa shape index (κ1) is 12.5. The van der Waals surface area contributed by atoms with Gasteiger partial charge in [0, 0.05) is 12.6 Å². The van der Waals surface area contributed by atoms with Crippen molar-refractivity contribution in [2.24, 2.45) is 5.92 Å². The van der Waals surface area contributed by atoms with E-state index in [1.807, 2.05) is 7.05 Å². The molecule has 0 spiro atoms. The molecule has 0 saturated heterocycles. The zero-order chi connectivity index (χ0) is 12.1. The fraction of sp³-hybridized carbons (Fsp3) is 0.600. The van der Waals surface area contributed by atoms with Crippen molar-refractivity contribution in [2.45, 2.75) is 19.9 Å². The molecule has 1 heterocycles. The van der Waals surface area contributed by atoms with Gasteiger partial charge in [0.15, 0.2) is 0 Å². The van der Waals surface area contributed by atoms with Gasteiger partial charge in [0.2, 0.25) is 0 Å². The molecule has 6 nitrogen and oxygen atoms in total. The van der Waals surface area contributed by atoms with E-state index in [0.717, 1.165) is 6.07 Å². The Labute approximate surface area is 93.4 Å². The van der Waals surface area contributed by atoms with E-state index in [1.165, 1.54) is 0 Å². The lowest BCUT2D eigenvalue weighted by molar-refractivity contribution is 0.0938. The summed E-state index contributed by atoms with van der Waals surface area (Å²) in [6.07, 6.45) is 0. The van der Waals surface area contributed by atoms with Gasteiger partial charge in [-0.2, -0.15) is 0 Å². The summed E-state index contributed by atoms with van der Waals surface area (Å²) in [6, 6.07) is 1.32. The molecule has 1 aromatic rings. The summed E-state index contributed by atoms with van der Waals surface area (Å²) < 4.78 is 4.41. The maximum atomic E-state index is 11.5. The number of carbonyl (C=O) groups excluding carboxylic acids is 1. The summed E-state index contributed by atoms with van der Waals surface area (Å²) in [4.78, 5) is 22.2. The van der Waals surface area contributed by atoms with E-state index in [0.29, 0.717) is 12.5 Å². The first-order valence-corrected chi connectivity index (χ1v) is 5.18. The lowest BCUT2D eigenvalue weighted by Crippen LogP contribution is -2.42. The fourth-order valence-electron chi connectivity index (χ4n) is 1.36. The third kappa shape index (κ3) is 3.23. The van der Waals surface area contributed by atoms with Gasteiger partial charge in [-0.25, -0.2) is 9.95 Å². The molecular formula is C10H17N3O3. The molecule has 0 saturated carbocycles. The van der Waals surface area contributed by atoms with E-state index in [9.17, 15) is 9.59 Å². The number of aromatic amines is 1. The van der Waals surface area contributed by atoms with E-state index < -0.39 is 5.63 Å². The molecule has 0 aliphatic heterocycles. The van der Waals surface area contributed by atoms with Crippen molar-refractivity contribution in [3.63, 3.8) is 0 Å². The molecule has 1 amide bonds. The Balaban J connectivity index is 2.49. The SMILES string of the molecule is CNC(CNC(=O)c1cc(=O)o[nH]1)C(C)C. The molecule has 1 atom stereocenters. The van der Waals surface area contributed by atoms with E-state index in [2.05, 4.69) is 34.2 Å². The minimum atomic E-state index is -0.556. The number of hydrogen-bond acceptors (Lipinski definition) is 4. The van der Waals surface area contributed by atoms with Crippen LogP contribution in [-0.2, 0) is 0 Å². The van der Waals surface area contributed by atoms with Crippen molar-refractivity contribution < 1.29 is 9.32 Å². The molecule has 0 aliphatic rings. The molecule has 16 heavy (non-hydrogen) atoms. The Morgan fingerprint density at radius 1 is 1.56 bits per heavy atom. The van der Waals surface area contributed by atoms with Gasteiger partial charge < -0.3 is 15.2 Å². The van der Waals surface area contributed by atoms with Gasteiger partial charge in [-0.15, -0.1) is 0 Å². The lowest BCUT2D eigenvalue weighted by Gasteiger charge is -2.20. The summed E-state index contributed by atoms with van der Waals surface area (Å²) in [7, 11) is 1.84. The Hall–Kier alpha value is -1.56. The summed E-state index contributed by atoms with van der Waals surface area (Å²) in [5.74, 6) is 0.0699. The Morgan fingerprint density at radius 2 is 2.25 bits per heavy atom. The highest BCUT2D eigenvalue weighted by Crippen LogP contribution is 1.99. The molecule has 1 unspecified atom stereocenters. The van der Waals surface area contributed by atoms with Gasteiger partial charge in [0.25, 0.3) is 5.91 Å². The molecule has 3 N–H and O–H groups in total. The highest BCUT2D eigenvalue weighted by Gasteiger charge is 2.14. The Kier molecular flexibility index (Phi) is 4.30. The number of H-pyrrole nitrogens is 1. The van der Waals surface area contributed by atoms with Gasteiger partial charge in [-0.1, -0.05) is 13.8 Å². The summed E-state index contributed by atoms with van der Waals surface area (Å²) >= 11 is 0. The first-order valence-electron chi connectivity index (χ1n) is 5.18. The van der Waals surface area contributed by atoms with Crippen LogP contribution in [0.25, 0.3) is 0 Å². The van der Waals surface area contributed by atoms with Gasteiger partial charge in [0.05, 0.1) is 6.07 Å². The largest absolute Gasteiger partial charge is 0.358 e. The van der Waals surface area contributed by atoms with Gasteiger partial charge in [0.1, 0.15) is 5.69 Å². The molecule has 90 valence electrons. The van der Waals surface area contributed by atoms with Crippen LogP contribution in [0, 0.1) is 5.92 Å². The van der Waals surface area contributed by atoms with Crippen LogP contribution in [0.5, 0.6) is 0 Å². The zero-order valence-electron chi connectivity index (χ0n) is 9.66.